The summed E-state index contributed by atoms with van der Waals surface area (Å²) in [4.78, 5) is 10.7. The number of carbonyl (C=O) groups is 1. The van der Waals surface area contributed by atoms with Gasteiger partial charge in [-0.05, 0) is 30.3 Å². The minimum Gasteiger partial charge on any atom is -0.507 e. The number of ether oxygens (including phenoxy) is 1. The van der Waals surface area contributed by atoms with Gasteiger partial charge in [-0.1, -0.05) is 18.2 Å². The maximum Gasteiger partial charge on any atom is 0.153 e. The molecule has 132 valence electrons. The van der Waals surface area contributed by atoms with Crippen molar-refractivity contribution in [2.24, 2.45) is 0 Å². The minimum atomic E-state index is -0.738. The molecule has 3 nitrogen and oxygen atoms in total. The Morgan fingerprint density at radius 2 is 1.77 bits per heavy atom. The lowest BCUT2D eigenvalue weighted by Crippen LogP contribution is -2.01. The van der Waals surface area contributed by atoms with Crippen LogP contribution in [0.3, 0.4) is 0 Å². The van der Waals surface area contributed by atoms with Crippen molar-refractivity contribution in [3.8, 4) is 22.6 Å². The number of rotatable bonds is 5. The zero-order valence-corrected chi connectivity index (χ0v) is 13.4. The van der Waals surface area contributed by atoms with E-state index in [9.17, 15) is 23.1 Å². The highest BCUT2D eigenvalue weighted by Gasteiger charge is 2.15. The average molecular weight is 358 g/mol. The fraction of sp³-hybridized carbons (Fsp3) is 0.0500. The van der Waals surface area contributed by atoms with Gasteiger partial charge in [-0.2, -0.15) is 0 Å². The molecule has 0 saturated heterocycles. The van der Waals surface area contributed by atoms with E-state index in [0.29, 0.717) is 6.29 Å². The van der Waals surface area contributed by atoms with Crippen molar-refractivity contribution in [1.82, 2.24) is 0 Å². The molecule has 0 heterocycles. The summed E-state index contributed by atoms with van der Waals surface area (Å²) in [5.41, 5.74) is -0.0307. The maximum absolute atomic E-state index is 14.7. The molecule has 3 aromatic carbocycles. The number of benzene rings is 3. The lowest BCUT2D eigenvalue weighted by molar-refractivity contribution is 0.112. The van der Waals surface area contributed by atoms with Crippen LogP contribution in [-0.4, -0.2) is 11.4 Å². The van der Waals surface area contributed by atoms with Gasteiger partial charge in [0.2, 0.25) is 0 Å². The first-order chi connectivity index (χ1) is 12.5. The van der Waals surface area contributed by atoms with Crippen molar-refractivity contribution in [2.75, 3.05) is 0 Å². The summed E-state index contributed by atoms with van der Waals surface area (Å²) >= 11 is 0. The van der Waals surface area contributed by atoms with E-state index in [-0.39, 0.29) is 40.4 Å². The van der Waals surface area contributed by atoms with Gasteiger partial charge in [0.1, 0.15) is 35.6 Å². The predicted molar refractivity (Wildman–Crippen MR) is 89.6 cm³/mol. The second-order valence-electron chi connectivity index (χ2n) is 5.53. The van der Waals surface area contributed by atoms with Crippen LogP contribution >= 0.6 is 0 Å². The van der Waals surface area contributed by atoms with Crippen molar-refractivity contribution in [3.63, 3.8) is 0 Å². The van der Waals surface area contributed by atoms with Gasteiger partial charge in [0, 0.05) is 22.8 Å². The van der Waals surface area contributed by atoms with Crippen molar-refractivity contribution < 1.29 is 27.8 Å². The molecule has 1 N–H and O–H groups in total. The van der Waals surface area contributed by atoms with Gasteiger partial charge in [-0.3, -0.25) is 4.79 Å². The summed E-state index contributed by atoms with van der Waals surface area (Å²) < 4.78 is 47.4. The Kier molecular flexibility index (Phi) is 4.93. The molecule has 26 heavy (non-hydrogen) atoms. The van der Waals surface area contributed by atoms with Gasteiger partial charge in [0.05, 0.1) is 5.56 Å². The van der Waals surface area contributed by atoms with E-state index in [4.69, 9.17) is 4.74 Å². The Hall–Kier alpha value is -3.28. The number of halogens is 3. The monoisotopic (exact) mass is 358 g/mol. The van der Waals surface area contributed by atoms with E-state index in [1.54, 1.807) is 0 Å². The Labute approximate surface area is 147 Å². The van der Waals surface area contributed by atoms with Gasteiger partial charge in [-0.15, -0.1) is 0 Å². The van der Waals surface area contributed by atoms with Crippen LogP contribution in [0.5, 0.6) is 11.5 Å². The molecule has 0 saturated carbocycles. The van der Waals surface area contributed by atoms with Crippen molar-refractivity contribution >= 4 is 6.29 Å². The van der Waals surface area contributed by atoms with Gasteiger partial charge in [0.25, 0.3) is 0 Å². The molecule has 0 radical (unpaired) electrons. The minimum absolute atomic E-state index is 0.0812. The fourth-order valence-electron chi connectivity index (χ4n) is 2.48. The number of carbonyl (C=O) groups excluding carboxylic acids is 1. The predicted octanol–water partition coefficient (Wildman–Crippen LogP) is 4.87. The standard InChI is InChI=1S/C20H13F3O3/c21-14-5-7-18(22)17(8-14)16-3-1-2-13(20(16)23)11-26-15-6-4-12(10-24)19(25)9-15/h1-10,25H,11H2. The number of aromatic hydroxyl groups is 1. The Morgan fingerprint density at radius 1 is 0.962 bits per heavy atom. The third-order valence-electron chi connectivity index (χ3n) is 3.82. The highest BCUT2D eigenvalue weighted by atomic mass is 19.1. The fourth-order valence-corrected chi connectivity index (χ4v) is 2.48. The zero-order chi connectivity index (χ0) is 18.7. The van der Waals surface area contributed by atoms with Crippen LogP contribution in [0, 0.1) is 17.5 Å². The molecule has 0 aliphatic carbocycles. The molecule has 6 heteroatoms. The van der Waals surface area contributed by atoms with E-state index in [2.05, 4.69) is 0 Å². The molecule has 0 fully saturated rings. The van der Waals surface area contributed by atoms with E-state index >= 15 is 0 Å². The molecule has 0 atom stereocenters. The summed E-state index contributed by atoms with van der Waals surface area (Å²) in [6.45, 7) is -0.198. The Morgan fingerprint density at radius 3 is 2.50 bits per heavy atom. The van der Waals surface area contributed by atoms with Gasteiger partial charge in [0.15, 0.2) is 6.29 Å². The second kappa shape index (κ2) is 7.31. The molecule has 0 spiro atoms. The summed E-state index contributed by atoms with van der Waals surface area (Å²) in [6, 6.07) is 11.2. The smallest absolute Gasteiger partial charge is 0.153 e. The SMILES string of the molecule is O=Cc1ccc(OCc2cccc(-c3cc(F)ccc3F)c2F)cc1O. The van der Waals surface area contributed by atoms with Crippen LogP contribution in [0.25, 0.3) is 11.1 Å². The number of hydrogen-bond acceptors (Lipinski definition) is 3. The maximum atomic E-state index is 14.7. The first-order valence-corrected chi connectivity index (χ1v) is 7.63. The first kappa shape index (κ1) is 17.5. The van der Waals surface area contributed by atoms with Crippen LogP contribution in [0.15, 0.2) is 54.6 Å². The van der Waals surface area contributed by atoms with Gasteiger partial charge < -0.3 is 9.84 Å². The van der Waals surface area contributed by atoms with Gasteiger partial charge >= 0.3 is 0 Å². The zero-order valence-electron chi connectivity index (χ0n) is 13.4. The summed E-state index contributed by atoms with van der Waals surface area (Å²) in [7, 11) is 0. The Bertz CT molecular complexity index is 971. The molecular weight excluding hydrogens is 345 g/mol. The van der Waals surface area contributed by atoms with Gasteiger partial charge in [-0.25, -0.2) is 13.2 Å². The molecule has 0 unspecified atom stereocenters. The molecule has 0 amide bonds. The van der Waals surface area contributed by atoms with Crippen molar-refractivity contribution in [1.29, 1.82) is 0 Å². The van der Waals surface area contributed by atoms with E-state index in [1.165, 1.54) is 36.4 Å². The molecule has 0 aromatic heterocycles. The van der Waals surface area contributed by atoms with Crippen LogP contribution in [0.4, 0.5) is 13.2 Å². The number of aldehydes is 1. The lowest BCUT2D eigenvalue weighted by atomic mass is 10.0. The lowest BCUT2D eigenvalue weighted by Gasteiger charge is -2.11. The van der Waals surface area contributed by atoms with E-state index < -0.39 is 17.5 Å². The first-order valence-electron chi connectivity index (χ1n) is 7.63. The molecule has 0 aliphatic heterocycles. The van der Waals surface area contributed by atoms with Crippen LogP contribution in [-0.2, 0) is 6.61 Å². The molecule has 0 aliphatic rings. The molecular formula is C20H13F3O3. The third-order valence-corrected chi connectivity index (χ3v) is 3.82. The average Bonchev–Trinajstić information content (AvgIpc) is 2.63. The number of phenolic OH excluding ortho intramolecular Hbond substituents is 1. The number of phenols is 1. The second-order valence-corrected chi connectivity index (χ2v) is 5.53. The van der Waals surface area contributed by atoms with Crippen LogP contribution < -0.4 is 4.74 Å². The molecule has 0 bridgehead atoms. The summed E-state index contributed by atoms with van der Waals surface area (Å²) in [5.74, 6) is -2.17. The van der Waals surface area contributed by atoms with E-state index in [1.807, 2.05) is 0 Å². The summed E-state index contributed by atoms with van der Waals surface area (Å²) in [6.07, 6.45) is 0.496. The molecule has 3 aromatic rings. The highest BCUT2D eigenvalue weighted by molar-refractivity contribution is 5.79. The van der Waals surface area contributed by atoms with Crippen LogP contribution in [0.2, 0.25) is 0 Å². The van der Waals surface area contributed by atoms with E-state index in [0.717, 1.165) is 18.2 Å². The summed E-state index contributed by atoms with van der Waals surface area (Å²) in [5, 5.41) is 9.63. The third kappa shape index (κ3) is 3.54. The van der Waals surface area contributed by atoms with Crippen molar-refractivity contribution in [3.05, 3.63) is 83.2 Å². The largest absolute Gasteiger partial charge is 0.507 e. The highest BCUT2D eigenvalue weighted by Crippen LogP contribution is 2.29. The quantitative estimate of drug-likeness (QED) is 0.662. The molecule has 3 rings (SSSR count). The van der Waals surface area contributed by atoms with Crippen LogP contribution in [0.1, 0.15) is 15.9 Å². The number of hydrogen-bond donors (Lipinski definition) is 1. The Balaban J connectivity index is 1.87. The topological polar surface area (TPSA) is 46.5 Å². The van der Waals surface area contributed by atoms with Crippen molar-refractivity contribution in [2.45, 2.75) is 6.61 Å². The normalized spacial score (nSPS) is 10.6.